The number of rotatable bonds is 7. The molecule has 1 N–H and O–H groups in total. The maximum absolute atomic E-state index is 9.11. The van der Waals surface area contributed by atoms with Gasteiger partial charge in [-0.1, -0.05) is 49.0 Å². The molecule has 1 aromatic heterocycles. The van der Waals surface area contributed by atoms with Crippen molar-refractivity contribution in [3.63, 3.8) is 0 Å². The van der Waals surface area contributed by atoms with Crippen LogP contribution in [0.25, 0.3) is 5.57 Å². The van der Waals surface area contributed by atoms with Gasteiger partial charge in [-0.05, 0) is 30.2 Å². The predicted molar refractivity (Wildman–Crippen MR) is 104 cm³/mol. The highest BCUT2D eigenvalue weighted by atomic mass is 16.5. The number of nitrogens with one attached hydrogen (secondary N) is 1. The summed E-state index contributed by atoms with van der Waals surface area (Å²) in [6.07, 6.45) is 1.61. The van der Waals surface area contributed by atoms with Gasteiger partial charge in [-0.3, -0.25) is 0 Å². The second kappa shape index (κ2) is 8.50. The highest BCUT2D eigenvalue weighted by molar-refractivity contribution is 5.80. The van der Waals surface area contributed by atoms with Gasteiger partial charge in [0.25, 0.3) is 5.88 Å². The number of aromatic nitrogens is 1. The van der Waals surface area contributed by atoms with E-state index < -0.39 is 0 Å². The minimum Gasteiger partial charge on any atom is -0.489 e. The molecule has 2 aromatic carbocycles. The number of anilines is 1. The largest absolute Gasteiger partial charge is 0.489 e. The number of nitriles is 1. The van der Waals surface area contributed by atoms with Crippen LogP contribution in [-0.2, 0) is 6.61 Å². The van der Waals surface area contributed by atoms with E-state index in [2.05, 4.69) is 22.1 Å². The first-order valence-corrected chi connectivity index (χ1v) is 8.28. The first kappa shape index (κ1) is 18.0. The molecule has 0 aliphatic heterocycles. The van der Waals surface area contributed by atoms with Crippen LogP contribution in [0.2, 0.25) is 0 Å². The molecule has 0 saturated heterocycles. The lowest BCUT2D eigenvalue weighted by atomic mass is 10.2. The first-order valence-electron chi connectivity index (χ1n) is 8.28. The van der Waals surface area contributed by atoms with E-state index >= 15 is 0 Å². The molecule has 134 valence electrons. The van der Waals surface area contributed by atoms with Crippen LogP contribution in [0.4, 0.5) is 5.88 Å². The number of oxazole rings is 1. The molecule has 3 aromatic rings. The molecule has 0 unspecified atom stereocenters. The Hall–Kier alpha value is -3.85. The molecule has 0 amide bonds. The third kappa shape index (κ3) is 4.83. The summed E-state index contributed by atoms with van der Waals surface area (Å²) in [7, 11) is 0. The molecule has 1 heterocycles. The van der Waals surface area contributed by atoms with Gasteiger partial charge in [-0.15, -0.1) is 0 Å². The summed E-state index contributed by atoms with van der Waals surface area (Å²) in [5.41, 5.74) is 5.40. The van der Waals surface area contributed by atoms with Crippen LogP contribution in [0.3, 0.4) is 0 Å². The zero-order chi connectivity index (χ0) is 19.1. The van der Waals surface area contributed by atoms with Crippen molar-refractivity contribution in [1.82, 2.24) is 4.98 Å². The Kier molecular flexibility index (Phi) is 5.65. The van der Waals surface area contributed by atoms with E-state index in [0.717, 1.165) is 16.9 Å². The lowest BCUT2D eigenvalue weighted by Gasteiger charge is -2.06. The summed E-state index contributed by atoms with van der Waals surface area (Å²) in [6.45, 7) is 5.99. The van der Waals surface area contributed by atoms with Gasteiger partial charge in [-0.25, -0.2) is 5.43 Å². The zero-order valence-corrected chi connectivity index (χ0v) is 14.8. The SMILES string of the molecule is C=C(C)c1nc(C#N)c(NN=Cc2cccc(OCc3ccccc3)c2)o1. The molecular weight excluding hydrogens is 340 g/mol. The number of hydrazone groups is 1. The molecule has 27 heavy (non-hydrogen) atoms. The summed E-state index contributed by atoms with van der Waals surface area (Å²) >= 11 is 0. The minimum atomic E-state index is 0.130. The molecule has 0 saturated carbocycles. The summed E-state index contributed by atoms with van der Waals surface area (Å²) in [5, 5.41) is 13.2. The molecule has 0 aliphatic rings. The molecule has 0 atom stereocenters. The fraction of sp³-hybridized carbons (Fsp3) is 0.0952. The van der Waals surface area contributed by atoms with Crippen molar-refractivity contribution >= 4 is 17.7 Å². The molecule has 0 radical (unpaired) electrons. The Morgan fingerprint density at radius 2 is 2.11 bits per heavy atom. The van der Waals surface area contributed by atoms with Crippen molar-refractivity contribution in [2.45, 2.75) is 13.5 Å². The van der Waals surface area contributed by atoms with Gasteiger partial charge in [0.2, 0.25) is 11.6 Å². The van der Waals surface area contributed by atoms with Crippen molar-refractivity contribution < 1.29 is 9.15 Å². The Morgan fingerprint density at radius 3 is 2.85 bits per heavy atom. The van der Waals surface area contributed by atoms with Crippen molar-refractivity contribution in [3.8, 4) is 11.8 Å². The van der Waals surface area contributed by atoms with Crippen LogP contribution in [-0.4, -0.2) is 11.2 Å². The van der Waals surface area contributed by atoms with E-state index in [0.29, 0.717) is 18.1 Å². The highest BCUT2D eigenvalue weighted by Crippen LogP contribution is 2.21. The van der Waals surface area contributed by atoms with Gasteiger partial charge in [0.15, 0.2) is 0 Å². The van der Waals surface area contributed by atoms with Crippen molar-refractivity contribution in [3.05, 3.63) is 83.9 Å². The van der Waals surface area contributed by atoms with Gasteiger partial charge in [-0.2, -0.15) is 15.3 Å². The second-order valence-electron chi connectivity index (χ2n) is 5.81. The molecular formula is C21H18N4O2. The van der Waals surface area contributed by atoms with Crippen LogP contribution >= 0.6 is 0 Å². The number of hydrogen-bond acceptors (Lipinski definition) is 6. The monoisotopic (exact) mass is 358 g/mol. The standard InChI is InChI=1S/C21H18N4O2/c1-15(2)20-24-19(12-22)21(27-20)25-23-13-17-9-6-10-18(11-17)26-14-16-7-4-3-5-8-16/h3-11,13,25H,1,14H2,2H3. The average Bonchev–Trinajstić information content (AvgIpc) is 3.11. The average molecular weight is 358 g/mol. The normalized spacial score (nSPS) is 10.5. The molecule has 0 spiro atoms. The van der Waals surface area contributed by atoms with E-state index in [1.807, 2.05) is 60.7 Å². The van der Waals surface area contributed by atoms with E-state index in [1.54, 1.807) is 13.1 Å². The molecule has 0 fully saturated rings. The van der Waals surface area contributed by atoms with Gasteiger partial charge in [0.1, 0.15) is 18.4 Å². The van der Waals surface area contributed by atoms with Gasteiger partial charge in [0, 0.05) is 5.57 Å². The van der Waals surface area contributed by atoms with E-state index in [4.69, 9.17) is 14.4 Å². The van der Waals surface area contributed by atoms with Gasteiger partial charge < -0.3 is 9.15 Å². The summed E-state index contributed by atoms with van der Waals surface area (Å²) < 4.78 is 11.2. The number of benzene rings is 2. The summed E-state index contributed by atoms with van der Waals surface area (Å²) in [5.74, 6) is 1.23. The first-order chi connectivity index (χ1) is 13.2. The topological polar surface area (TPSA) is 83.4 Å². The van der Waals surface area contributed by atoms with Crippen LogP contribution < -0.4 is 10.2 Å². The fourth-order valence-electron chi connectivity index (χ4n) is 2.25. The van der Waals surface area contributed by atoms with Crippen molar-refractivity contribution in [2.24, 2.45) is 5.10 Å². The predicted octanol–water partition coefficient (Wildman–Crippen LogP) is 4.60. The summed E-state index contributed by atoms with van der Waals surface area (Å²) in [6, 6.07) is 19.5. The molecule has 0 aliphatic carbocycles. The highest BCUT2D eigenvalue weighted by Gasteiger charge is 2.12. The third-order valence-corrected chi connectivity index (χ3v) is 3.58. The van der Waals surface area contributed by atoms with E-state index in [1.165, 1.54) is 0 Å². The molecule has 0 bridgehead atoms. The van der Waals surface area contributed by atoms with Crippen LogP contribution in [0.1, 0.15) is 29.6 Å². The lowest BCUT2D eigenvalue weighted by Crippen LogP contribution is -1.96. The fourth-order valence-corrected chi connectivity index (χ4v) is 2.25. The van der Waals surface area contributed by atoms with E-state index in [9.17, 15) is 0 Å². The quantitative estimate of drug-likeness (QED) is 0.493. The van der Waals surface area contributed by atoms with Crippen LogP contribution in [0.5, 0.6) is 5.75 Å². The molecule has 6 heteroatoms. The van der Waals surface area contributed by atoms with E-state index in [-0.39, 0.29) is 11.6 Å². The number of allylic oxidation sites excluding steroid dienone is 1. The second-order valence-corrected chi connectivity index (χ2v) is 5.81. The van der Waals surface area contributed by atoms with Gasteiger partial charge in [0.05, 0.1) is 6.21 Å². The summed E-state index contributed by atoms with van der Waals surface area (Å²) in [4.78, 5) is 4.04. The maximum atomic E-state index is 9.11. The lowest BCUT2D eigenvalue weighted by molar-refractivity contribution is 0.306. The Labute approximate surface area is 157 Å². The smallest absolute Gasteiger partial charge is 0.252 e. The zero-order valence-electron chi connectivity index (χ0n) is 14.8. The maximum Gasteiger partial charge on any atom is 0.252 e. The van der Waals surface area contributed by atoms with Crippen LogP contribution in [0.15, 0.2) is 70.7 Å². The minimum absolute atomic E-state index is 0.130. The number of nitrogens with zero attached hydrogens (tertiary/aromatic N) is 3. The molecule has 3 rings (SSSR count). The van der Waals surface area contributed by atoms with Gasteiger partial charge >= 0.3 is 0 Å². The number of hydrogen-bond donors (Lipinski definition) is 1. The molecule has 6 nitrogen and oxygen atoms in total. The number of ether oxygens (including phenoxy) is 1. The van der Waals surface area contributed by atoms with Crippen LogP contribution in [0, 0.1) is 11.3 Å². The Balaban J connectivity index is 1.64. The third-order valence-electron chi connectivity index (χ3n) is 3.58. The Morgan fingerprint density at radius 1 is 1.30 bits per heavy atom. The Bertz CT molecular complexity index is 1000. The van der Waals surface area contributed by atoms with Crippen molar-refractivity contribution in [1.29, 1.82) is 5.26 Å². The van der Waals surface area contributed by atoms with Crippen molar-refractivity contribution in [2.75, 3.05) is 5.43 Å².